The first-order valence-corrected chi connectivity index (χ1v) is 13.5. The van der Waals surface area contributed by atoms with E-state index < -0.39 is 17.7 Å². The maximum absolute atomic E-state index is 12.5. The van der Waals surface area contributed by atoms with Gasteiger partial charge in [0.15, 0.2) is 6.10 Å². The largest absolute Gasteiger partial charge is 0.479 e. The van der Waals surface area contributed by atoms with Crippen LogP contribution in [0.4, 0.5) is 0 Å². The summed E-state index contributed by atoms with van der Waals surface area (Å²) in [5.41, 5.74) is 4.50. The molecular weight excluding hydrogens is 534 g/mol. The van der Waals surface area contributed by atoms with Crippen LogP contribution in [-0.4, -0.2) is 31.6 Å². The first-order chi connectivity index (χ1) is 18.5. The average molecular weight is 560 g/mol. The highest BCUT2D eigenvalue weighted by atomic mass is 35.5. The predicted octanol–water partition coefficient (Wildman–Crippen LogP) is 7.28. The van der Waals surface area contributed by atoms with Crippen LogP contribution >= 0.6 is 22.9 Å². The second kappa shape index (κ2) is 10.4. The number of aliphatic carboxylic acids is 1. The molecule has 0 amide bonds. The molecule has 0 fully saturated rings. The number of halogens is 1. The number of carbonyl (C=O) groups is 1. The lowest BCUT2D eigenvalue weighted by Crippen LogP contribution is -2.28. The van der Waals surface area contributed by atoms with Crippen LogP contribution in [0, 0.1) is 6.92 Å². The molecule has 5 aromatic rings. The van der Waals surface area contributed by atoms with Gasteiger partial charge in [0.2, 0.25) is 0 Å². The maximum atomic E-state index is 12.5. The summed E-state index contributed by atoms with van der Waals surface area (Å²) in [4.78, 5) is 36.9. The zero-order valence-corrected chi connectivity index (χ0v) is 23.4. The Labute approximate surface area is 234 Å². The molecule has 2 aromatic carbocycles. The van der Waals surface area contributed by atoms with E-state index in [9.17, 15) is 14.7 Å². The topological polar surface area (TPSA) is 105 Å². The number of aromatic nitrogens is 3. The molecule has 0 radical (unpaired) electrons. The number of carboxylic acid groups (broad SMARTS) is 1. The third-order valence-electron chi connectivity index (χ3n) is 6.12. The van der Waals surface area contributed by atoms with E-state index in [1.54, 1.807) is 36.7 Å². The average Bonchev–Trinajstić information content (AvgIpc) is 3.31. The molecule has 2 N–H and O–H groups in total. The van der Waals surface area contributed by atoms with Gasteiger partial charge in [0.1, 0.15) is 5.01 Å². The number of ether oxygens (including phenoxy) is 1. The summed E-state index contributed by atoms with van der Waals surface area (Å²) >= 11 is 7.64. The third-order valence-corrected chi connectivity index (χ3v) is 7.51. The third kappa shape index (κ3) is 5.49. The number of fused-ring (bicyclic) bond motifs is 1. The number of nitrogens with one attached hydrogen (secondary N) is 1. The molecule has 7 nitrogen and oxygen atoms in total. The normalized spacial score (nSPS) is 12.5. The first-order valence-electron chi connectivity index (χ1n) is 12.3. The quantitative estimate of drug-likeness (QED) is 0.226. The molecule has 3 aromatic heterocycles. The van der Waals surface area contributed by atoms with Crippen LogP contribution in [0.25, 0.3) is 43.2 Å². The van der Waals surface area contributed by atoms with Gasteiger partial charge in [-0.3, -0.25) is 9.78 Å². The van der Waals surface area contributed by atoms with Crippen molar-refractivity contribution in [2.24, 2.45) is 0 Å². The van der Waals surface area contributed by atoms with Crippen LogP contribution in [0.15, 0.2) is 71.8 Å². The van der Waals surface area contributed by atoms with Crippen molar-refractivity contribution in [1.82, 2.24) is 15.0 Å². The Morgan fingerprint density at radius 2 is 1.85 bits per heavy atom. The van der Waals surface area contributed by atoms with Crippen LogP contribution in [0.3, 0.4) is 0 Å². The van der Waals surface area contributed by atoms with Crippen molar-refractivity contribution in [2.75, 3.05) is 0 Å². The minimum Gasteiger partial charge on any atom is -0.479 e. The van der Waals surface area contributed by atoms with E-state index in [2.05, 4.69) is 9.97 Å². The van der Waals surface area contributed by atoms with E-state index in [1.165, 1.54) is 11.3 Å². The highest BCUT2D eigenvalue weighted by molar-refractivity contribution is 7.22. The number of H-pyrrole nitrogens is 1. The van der Waals surface area contributed by atoms with E-state index in [4.69, 9.17) is 21.3 Å². The van der Waals surface area contributed by atoms with Gasteiger partial charge in [0.25, 0.3) is 5.56 Å². The van der Waals surface area contributed by atoms with Crippen LogP contribution in [0.5, 0.6) is 0 Å². The number of hydrogen-bond donors (Lipinski definition) is 2. The van der Waals surface area contributed by atoms with Gasteiger partial charge in [-0.2, -0.15) is 0 Å². The van der Waals surface area contributed by atoms with Gasteiger partial charge in [0.05, 0.1) is 27.1 Å². The lowest BCUT2D eigenvalue weighted by Gasteiger charge is -2.28. The number of thiazole rings is 1. The Bertz CT molecular complexity index is 1750. The second-order valence-electron chi connectivity index (χ2n) is 10.1. The lowest BCUT2D eigenvalue weighted by atomic mass is 9.91. The number of aromatic amines is 1. The van der Waals surface area contributed by atoms with Gasteiger partial charge in [-0.25, -0.2) is 9.78 Å². The van der Waals surface area contributed by atoms with Crippen LogP contribution in [0.2, 0.25) is 5.02 Å². The van der Waals surface area contributed by atoms with Crippen molar-refractivity contribution in [3.63, 3.8) is 0 Å². The van der Waals surface area contributed by atoms with Crippen molar-refractivity contribution in [3.8, 4) is 33.0 Å². The molecule has 0 saturated carbocycles. The monoisotopic (exact) mass is 559 g/mol. The Kier molecular flexibility index (Phi) is 7.11. The molecule has 0 bridgehead atoms. The SMILES string of the molecule is Cc1cc2nc(-c3ccnc(-c4ccc[nH]c4=O)c3)sc2c(-c2ccc(Cl)cc2)c1[C@H](OC(C)(C)C)C(=O)O. The van der Waals surface area contributed by atoms with Gasteiger partial charge in [0, 0.05) is 34.1 Å². The molecule has 0 aliphatic rings. The molecule has 0 saturated heterocycles. The summed E-state index contributed by atoms with van der Waals surface area (Å²) in [5.74, 6) is -1.07. The van der Waals surface area contributed by atoms with Gasteiger partial charge < -0.3 is 14.8 Å². The number of benzene rings is 2. The minimum absolute atomic E-state index is 0.227. The fourth-order valence-corrected chi connectivity index (χ4v) is 5.74. The smallest absolute Gasteiger partial charge is 0.337 e. The standard InChI is InChI=1S/C30H26ClN3O4S/c1-16-14-22-26(39-28(34-22)18-11-13-32-21(15-18)20-6-5-12-33-27(20)35)24(17-7-9-19(31)10-8-17)23(16)25(29(36)37)38-30(2,3)4/h5-15,25H,1-4H3,(H,33,35)(H,36,37)/t25-/m0/s1. The number of nitrogens with zero attached hydrogens (tertiary/aromatic N) is 2. The molecule has 3 heterocycles. The second-order valence-corrected chi connectivity index (χ2v) is 11.6. The molecule has 1 atom stereocenters. The molecular formula is C30H26ClN3O4S. The van der Waals surface area contributed by atoms with Crippen LogP contribution in [0.1, 0.15) is 38.0 Å². The molecule has 198 valence electrons. The highest BCUT2D eigenvalue weighted by Gasteiger charge is 2.32. The summed E-state index contributed by atoms with van der Waals surface area (Å²) in [5, 5.41) is 11.6. The minimum atomic E-state index is -1.19. The fourth-order valence-electron chi connectivity index (χ4n) is 4.50. The van der Waals surface area contributed by atoms with Crippen molar-refractivity contribution >= 4 is 39.1 Å². The Balaban J connectivity index is 1.75. The van der Waals surface area contributed by atoms with E-state index in [0.29, 0.717) is 21.8 Å². The van der Waals surface area contributed by atoms with E-state index >= 15 is 0 Å². The Morgan fingerprint density at radius 3 is 2.51 bits per heavy atom. The summed E-state index contributed by atoms with van der Waals surface area (Å²) in [7, 11) is 0. The molecule has 0 aliphatic heterocycles. The Morgan fingerprint density at radius 1 is 1.10 bits per heavy atom. The molecule has 9 heteroatoms. The van der Waals surface area contributed by atoms with Crippen LogP contribution < -0.4 is 5.56 Å². The number of rotatable bonds is 6. The molecule has 39 heavy (non-hydrogen) atoms. The first kappa shape index (κ1) is 26.7. The van der Waals surface area contributed by atoms with Crippen molar-refractivity contribution in [3.05, 3.63) is 93.5 Å². The summed E-state index contributed by atoms with van der Waals surface area (Å²) in [6.07, 6.45) is 2.04. The maximum Gasteiger partial charge on any atom is 0.337 e. The number of hydrogen-bond acceptors (Lipinski definition) is 6. The fraction of sp³-hybridized carbons (Fsp3) is 0.200. The van der Waals surface area contributed by atoms with Crippen LogP contribution in [-0.2, 0) is 9.53 Å². The number of carboxylic acids is 1. The number of pyridine rings is 2. The van der Waals surface area contributed by atoms with E-state index in [-0.39, 0.29) is 5.56 Å². The lowest BCUT2D eigenvalue weighted by molar-refractivity contribution is -0.160. The van der Waals surface area contributed by atoms with Gasteiger partial charge in [-0.1, -0.05) is 23.7 Å². The van der Waals surface area contributed by atoms with E-state index in [0.717, 1.165) is 37.5 Å². The summed E-state index contributed by atoms with van der Waals surface area (Å²) < 4.78 is 6.91. The highest BCUT2D eigenvalue weighted by Crippen LogP contribution is 2.44. The van der Waals surface area contributed by atoms with Gasteiger partial charge in [-0.15, -0.1) is 11.3 Å². The molecule has 0 aliphatic carbocycles. The summed E-state index contributed by atoms with van der Waals surface area (Å²) in [6, 6.07) is 16.4. The zero-order valence-electron chi connectivity index (χ0n) is 21.8. The number of aryl methyl sites for hydroxylation is 1. The van der Waals surface area contributed by atoms with Crippen molar-refractivity contribution < 1.29 is 14.6 Å². The van der Waals surface area contributed by atoms with Gasteiger partial charge >= 0.3 is 5.97 Å². The molecule has 0 unspecified atom stereocenters. The van der Waals surface area contributed by atoms with Crippen molar-refractivity contribution in [1.29, 1.82) is 0 Å². The predicted molar refractivity (Wildman–Crippen MR) is 155 cm³/mol. The Hall–Kier alpha value is -3.85. The summed E-state index contributed by atoms with van der Waals surface area (Å²) in [6.45, 7) is 7.38. The van der Waals surface area contributed by atoms with Crippen molar-refractivity contribution in [2.45, 2.75) is 39.4 Å². The van der Waals surface area contributed by atoms with Gasteiger partial charge in [-0.05, 0) is 81.3 Å². The van der Waals surface area contributed by atoms with E-state index in [1.807, 2.05) is 58.0 Å². The molecule has 5 rings (SSSR count). The zero-order chi connectivity index (χ0) is 27.9. The molecule has 0 spiro atoms.